The summed E-state index contributed by atoms with van der Waals surface area (Å²) in [6, 6.07) is 3.33. The number of alkyl halides is 3. The molecule has 1 rings (SSSR count). The Morgan fingerprint density at radius 3 is 2.36 bits per heavy atom. The summed E-state index contributed by atoms with van der Waals surface area (Å²) in [5.41, 5.74) is -0.756. The van der Waals surface area contributed by atoms with Gasteiger partial charge in [-0.3, -0.25) is 0 Å². The van der Waals surface area contributed by atoms with Gasteiger partial charge in [0.05, 0.1) is 0 Å². The number of benzene rings is 1. The monoisotopic (exact) mass is 429 g/mol. The van der Waals surface area contributed by atoms with Crippen LogP contribution in [0.25, 0.3) is 0 Å². The molecule has 142 valence electrons. The van der Waals surface area contributed by atoms with Crippen LogP contribution in [-0.2, 0) is 4.74 Å². The number of alkyl carbamates (subject to hydrolysis) is 1. The van der Waals surface area contributed by atoms with Gasteiger partial charge in [-0.25, -0.2) is 4.79 Å². The maximum Gasteiger partial charge on any atom is 0.573 e. The highest BCUT2D eigenvalue weighted by molar-refractivity contribution is 9.10. The van der Waals surface area contributed by atoms with E-state index in [0.717, 1.165) is 12.1 Å². The SMILES string of the molecule is CC(C)(C)OC(=O)NCC(O)C(O)c1cc(Br)cc(OC(F)(F)F)c1. The van der Waals surface area contributed by atoms with E-state index in [4.69, 9.17) is 4.74 Å². The molecule has 3 N–H and O–H groups in total. The Labute approximate surface area is 151 Å². The van der Waals surface area contributed by atoms with E-state index in [1.165, 1.54) is 6.07 Å². The zero-order chi connectivity index (χ0) is 19.4. The Kier molecular flexibility index (Phi) is 7.09. The van der Waals surface area contributed by atoms with Gasteiger partial charge < -0.3 is 25.0 Å². The number of ether oxygens (including phenoxy) is 2. The van der Waals surface area contributed by atoms with E-state index in [9.17, 15) is 28.2 Å². The molecule has 2 atom stereocenters. The van der Waals surface area contributed by atoms with E-state index < -0.39 is 36.0 Å². The molecule has 0 bridgehead atoms. The molecule has 6 nitrogen and oxygen atoms in total. The lowest BCUT2D eigenvalue weighted by molar-refractivity contribution is -0.274. The Morgan fingerprint density at radius 2 is 1.84 bits per heavy atom. The van der Waals surface area contributed by atoms with Crippen molar-refractivity contribution in [3.8, 4) is 5.75 Å². The first-order valence-electron chi connectivity index (χ1n) is 7.16. The maximum absolute atomic E-state index is 12.3. The van der Waals surface area contributed by atoms with Gasteiger partial charge in [0.1, 0.15) is 23.6 Å². The third-order valence-electron chi connectivity index (χ3n) is 2.69. The number of halogens is 4. The highest BCUT2D eigenvalue weighted by Gasteiger charge is 2.32. The van der Waals surface area contributed by atoms with E-state index in [-0.39, 0.29) is 16.6 Å². The van der Waals surface area contributed by atoms with Gasteiger partial charge >= 0.3 is 12.5 Å². The molecule has 0 radical (unpaired) electrons. The second-order valence-electron chi connectivity index (χ2n) is 6.16. The van der Waals surface area contributed by atoms with Gasteiger partial charge in [0.25, 0.3) is 0 Å². The van der Waals surface area contributed by atoms with E-state index in [1.807, 2.05) is 0 Å². The highest BCUT2D eigenvalue weighted by Crippen LogP contribution is 2.30. The lowest BCUT2D eigenvalue weighted by Gasteiger charge is -2.22. The quantitative estimate of drug-likeness (QED) is 0.668. The average molecular weight is 430 g/mol. The minimum absolute atomic E-state index is 0.0212. The van der Waals surface area contributed by atoms with Gasteiger partial charge in [-0.2, -0.15) is 0 Å². The molecule has 0 aliphatic carbocycles. The molecular weight excluding hydrogens is 411 g/mol. The molecular formula is C15H19BrF3NO5. The van der Waals surface area contributed by atoms with Crippen molar-refractivity contribution in [3.63, 3.8) is 0 Å². The van der Waals surface area contributed by atoms with Crippen LogP contribution < -0.4 is 10.1 Å². The van der Waals surface area contributed by atoms with Crippen molar-refractivity contribution in [3.05, 3.63) is 28.2 Å². The number of rotatable bonds is 5. The van der Waals surface area contributed by atoms with Crippen LogP contribution in [0.4, 0.5) is 18.0 Å². The molecule has 0 aliphatic heterocycles. The summed E-state index contributed by atoms with van der Waals surface area (Å²) in [6.45, 7) is 4.60. The van der Waals surface area contributed by atoms with Crippen LogP contribution >= 0.6 is 15.9 Å². The van der Waals surface area contributed by atoms with Crippen LogP contribution in [0.5, 0.6) is 5.75 Å². The highest BCUT2D eigenvalue weighted by atomic mass is 79.9. The number of hydrogen-bond donors (Lipinski definition) is 3. The predicted molar refractivity (Wildman–Crippen MR) is 86.0 cm³/mol. The minimum atomic E-state index is -4.89. The Hall–Kier alpha value is -1.52. The van der Waals surface area contributed by atoms with Gasteiger partial charge in [-0.05, 0) is 44.5 Å². The van der Waals surface area contributed by atoms with Gasteiger partial charge in [-0.15, -0.1) is 13.2 Å². The number of hydrogen-bond acceptors (Lipinski definition) is 5. The first kappa shape index (κ1) is 21.5. The number of amides is 1. The summed E-state index contributed by atoms with van der Waals surface area (Å²) in [5, 5.41) is 22.3. The fourth-order valence-corrected chi connectivity index (χ4v) is 2.27. The summed E-state index contributed by atoms with van der Waals surface area (Å²) >= 11 is 3.00. The summed E-state index contributed by atoms with van der Waals surface area (Å²) in [4.78, 5) is 11.5. The van der Waals surface area contributed by atoms with Crippen molar-refractivity contribution in [2.24, 2.45) is 0 Å². The number of carbonyl (C=O) groups is 1. The Balaban J connectivity index is 2.75. The summed E-state index contributed by atoms with van der Waals surface area (Å²) in [5.74, 6) is -0.553. The van der Waals surface area contributed by atoms with Gasteiger partial charge in [-0.1, -0.05) is 15.9 Å². The van der Waals surface area contributed by atoms with Crippen molar-refractivity contribution in [2.75, 3.05) is 6.54 Å². The maximum atomic E-state index is 12.3. The normalized spacial score (nSPS) is 14.6. The molecule has 0 aliphatic rings. The van der Waals surface area contributed by atoms with Crippen LogP contribution in [-0.4, -0.2) is 40.9 Å². The Morgan fingerprint density at radius 1 is 1.24 bits per heavy atom. The van der Waals surface area contributed by atoms with E-state index >= 15 is 0 Å². The average Bonchev–Trinajstić information content (AvgIpc) is 2.39. The third-order valence-corrected chi connectivity index (χ3v) is 3.15. The molecule has 0 saturated heterocycles. The molecule has 0 heterocycles. The van der Waals surface area contributed by atoms with E-state index in [0.29, 0.717) is 0 Å². The lowest BCUT2D eigenvalue weighted by atomic mass is 10.0. The molecule has 0 aromatic heterocycles. The molecule has 1 aromatic carbocycles. The standard InChI is InChI=1S/C15H19BrF3NO5/c1-14(2,3)25-13(23)20-7-11(21)12(22)8-4-9(16)6-10(5-8)24-15(17,18)19/h4-6,11-12,21-22H,7H2,1-3H3,(H,20,23). The van der Waals surface area contributed by atoms with Crippen LogP contribution in [0.15, 0.2) is 22.7 Å². The molecule has 2 unspecified atom stereocenters. The van der Waals surface area contributed by atoms with Crippen molar-refractivity contribution < 1.29 is 37.7 Å². The summed E-state index contributed by atoms with van der Waals surface area (Å²) in [6.07, 6.45) is -8.71. The van der Waals surface area contributed by atoms with Crippen LogP contribution in [0.3, 0.4) is 0 Å². The van der Waals surface area contributed by atoms with Gasteiger partial charge in [0.2, 0.25) is 0 Å². The third kappa shape index (κ3) is 8.41. The molecule has 1 aromatic rings. The number of aliphatic hydroxyl groups is 2. The molecule has 1 amide bonds. The summed E-state index contributed by atoms with van der Waals surface area (Å²) < 4.78 is 45.9. The topological polar surface area (TPSA) is 88.0 Å². The zero-order valence-corrected chi connectivity index (χ0v) is 15.3. The second-order valence-corrected chi connectivity index (χ2v) is 7.08. The fourth-order valence-electron chi connectivity index (χ4n) is 1.78. The van der Waals surface area contributed by atoms with E-state index in [1.54, 1.807) is 20.8 Å². The molecule has 0 spiro atoms. The van der Waals surface area contributed by atoms with Crippen LogP contribution in [0.2, 0.25) is 0 Å². The number of nitrogens with one attached hydrogen (secondary N) is 1. The Bertz CT molecular complexity index is 604. The van der Waals surface area contributed by atoms with Crippen molar-refractivity contribution in [1.29, 1.82) is 0 Å². The van der Waals surface area contributed by atoms with Gasteiger partial charge in [0.15, 0.2) is 0 Å². The van der Waals surface area contributed by atoms with Crippen molar-refractivity contribution in [1.82, 2.24) is 5.32 Å². The molecule has 0 fully saturated rings. The minimum Gasteiger partial charge on any atom is -0.444 e. The predicted octanol–water partition coefficient (Wildman–Crippen LogP) is 3.27. The first-order chi connectivity index (χ1) is 11.3. The zero-order valence-electron chi connectivity index (χ0n) is 13.7. The number of aliphatic hydroxyl groups excluding tert-OH is 2. The smallest absolute Gasteiger partial charge is 0.444 e. The second kappa shape index (κ2) is 8.24. The van der Waals surface area contributed by atoms with Crippen LogP contribution in [0.1, 0.15) is 32.4 Å². The van der Waals surface area contributed by atoms with Crippen LogP contribution in [0, 0.1) is 0 Å². The van der Waals surface area contributed by atoms with E-state index in [2.05, 4.69) is 26.0 Å². The fraction of sp³-hybridized carbons (Fsp3) is 0.533. The molecule has 25 heavy (non-hydrogen) atoms. The summed E-state index contributed by atoms with van der Waals surface area (Å²) in [7, 11) is 0. The van der Waals surface area contributed by atoms with Crippen molar-refractivity contribution >= 4 is 22.0 Å². The largest absolute Gasteiger partial charge is 0.573 e. The molecule has 0 saturated carbocycles. The van der Waals surface area contributed by atoms with Crippen molar-refractivity contribution in [2.45, 2.75) is 44.9 Å². The molecule has 10 heteroatoms. The number of carbonyl (C=O) groups excluding carboxylic acids is 1. The van der Waals surface area contributed by atoms with Gasteiger partial charge in [0, 0.05) is 11.0 Å². The lowest BCUT2D eigenvalue weighted by Crippen LogP contribution is -2.38. The first-order valence-corrected chi connectivity index (χ1v) is 7.95.